The first-order valence-electron chi connectivity index (χ1n) is 6.84. The Bertz CT molecular complexity index is 869. The maximum atomic E-state index is 13.3. The molecule has 0 spiro atoms. The van der Waals surface area contributed by atoms with E-state index in [4.69, 9.17) is 11.6 Å². The van der Waals surface area contributed by atoms with Crippen molar-refractivity contribution >= 4 is 29.5 Å². The van der Waals surface area contributed by atoms with E-state index in [2.05, 4.69) is 31.6 Å². The fourth-order valence-electron chi connectivity index (χ4n) is 1.78. The van der Waals surface area contributed by atoms with E-state index in [-0.39, 0.29) is 17.2 Å². The molecule has 0 saturated carbocycles. The number of fused-ring (bicyclic) bond motifs is 1. The van der Waals surface area contributed by atoms with Crippen LogP contribution in [0.15, 0.2) is 35.4 Å². The Kier molecular flexibility index (Phi) is 5.59. The van der Waals surface area contributed by atoms with Gasteiger partial charge in [0.1, 0.15) is 0 Å². The smallest absolute Gasteiger partial charge is 0.422 e. The highest BCUT2D eigenvalue weighted by molar-refractivity contribution is 6.21. The average Bonchev–Trinajstić information content (AvgIpc) is 2.97. The van der Waals surface area contributed by atoms with Gasteiger partial charge in [0, 0.05) is 12.3 Å². The van der Waals surface area contributed by atoms with E-state index in [9.17, 15) is 22.0 Å². The van der Waals surface area contributed by atoms with Gasteiger partial charge in [-0.1, -0.05) is 6.08 Å². The summed E-state index contributed by atoms with van der Waals surface area (Å²) in [6.07, 6.45) is 0.383. The van der Waals surface area contributed by atoms with Crippen LogP contribution in [0, 0.1) is 0 Å². The first kappa shape index (κ1) is 19.8. The second-order valence-corrected chi connectivity index (χ2v) is 5.41. The first-order valence-corrected chi connectivity index (χ1v) is 7.22. The molecule has 0 aliphatic rings. The highest BCUT2D eigenvalue weighted by Gasteiger charge is 2.34. The molecule has 0 atom stereocenters. The lowest BCUT2D eigenvalue weighted by Gasteiger charge is -2.08. The Morgan fingerprint density at radius 2 is 2.00 bits per heavy atom. The number of ether oxygens (including phenoxy) is 1. The van der Waals surface area contributed by atoms with E-state index in [1.165, 1.54) is 18.5 Å². The van der Waals surface area contributed by atoms with Crippen molar-refractivity contribution in [1.29, 1.82) is 0 Å². The first-order chi connectivity index (χ1) is 12.0. The summed E-state index contributed by atoms with van der Waals surface area (Å²) in [6, 6.07) is 0. The van der Waals surface area contributed by atoms with Crippen molar-refractivity contribution in [2.45, 2.75) is 18.5 Å². The van der Waals surface area contributed by atoms with Gasteiger partial charge in [-0.3, -0.25) is 9.38 Å². The number of rotatable bonds is 6. The van der Waals surface area contributed by atoms with Crippen LogP contribution < -0.4 is 0 Å². The Hall–Kier alpha value is -2.56. The molecule has 0 fully saturated rings. The van der Waals surface area contributed by atoms with Gasteiger partial charge in [-0.2, -0.15) is 22.0 Å². The third kappa shape index (κ3) is 4.97. The fourth-order valence-corrected chi connectivity index (χ4v) is 1.91. The van der Waals surface area contributed by atoms with Gasteiger partial charge in [-0.15, -0.1) is 10.2 Å². The Balaban J connectivity index is 2.30. The highest BCUT2D eigenvalue weighted by atomic mass is 35.5. The van der Waals surface area contributed by atoms with Crippen molar-refractivity contribution in [3.05, 3.63) is 41.9 Å². The number of aromatic nitrogens is 4. The Morgan fingerprint density at radius 3 is 2.58 bits per heavy atom. The standard InChI is InChI=1S/C14H11ClF5N5O/c1-8(3-4-11(21-2)26-7-13(16,17)18)9-6-25-10(5-22-9)23-24-12(25)14(15,19)20/h3-6H,2,7H2,1H3/b8-3+,11-4+. The molecular formula is C14H11ClF5N5O. The Morgan fingerprint density at radius 1 is 1.31 bits per heavy atom. The van der Waals surface area contributed by atoms with Crippen molar-refractivity contribution in [1.82, 2.24) is 19.6 Å². The van der Waals surface area contributed by atoms with Crippen LogP contribution in [0.3, 0.4) is 0 Å². The summed E-state index contributed by atoms with van der Waals surface area (Å²) < 4.78 is 68.5. The van der Waals surface area contributed by atoms with Crippen molar-refractivity contribution < 1.29 is 26.7 Å². The fraction of sp³-hybridized carbons (Fsp3) is 0.286. The third-order valence-corrected chi connectivity index (χ3v) is 3.13. The summed E-state index contributed by atoms with van der Waals surface area (Å²) >= 11 is 4.97. The van der Waals surface area contributed by atoms with E-state index in [0.29, 0.717) is 5.57 Å². The molecule has 0 bridgehead atoms. The molecule has 0 N–H and O–H groups in total. The Labute approximate surface area is 148 Å². The molecular weight excluding hydrogens is 385 g/mol. The summed E-state index contributed by atoms with van der Waals surface area (Å²) in [5.41, 5.74) is 0.700. The summed E-state index contributed by atoms with van der Waals surface area (Å²) in [6.45, 7) is 3.14. The zero-order valence-corrected chi connectivity index (χ0v) is 13.9. The van der Waals surface area contributed by atoms with Gasteiger partial charge >= 0.3 is 11.6 Å². The lowest BCUT2D eigenvalue weighted by Crippen LogP contribution is -2.16. The predicted molar refractivity (Wildman–Crippen MR) is 83.8 cm³/mol. The van der Waals surface area contributed by atoms with E-state index < -0.39 is 24.0 Å². The quantitative estimate of drug-likeness (QED) is 0.244. The van der Waals surface area contributed by atoms with Crippen LogP contribution in [0.4, 0.5) is 22.0 Å². The lowest BCUT2D eigenvalue weighted by molar-refractivity contribution is -0.164. The zero-order chi connectivity index (χ0) is 19.5. The topological polar surface area (TPSA) is 64.7 Å². The van der Waals surface area contributed by atoms with Crippen LogP contribution in [0.25, 0.3) is 11.2 Å². The number of nitrogens with zero attached hydrogens (tertiary/aromatic N) is 5. The highest BCUT2D eigenvalue weighted by Crippen LogP contribution is 2.31. The van der Waals surface area contributed by atoms with E-state index in [0.717, 1.165) is 10.5 Å². The summed E-state index contributed by atoms with van der Waals surface area (Å²) in [5, 5.41) is 3.10. The molecule has 12 heteroatoms. The largest absolute Gasteiger partial charge is 0.468 e. The van der Waals surface area contributed by atoms with Gasteiger partial charge in [-0.25, -0.2) is 4.99 Å². The normalized spacial score (nSPS) is 14.0. The molecule has 0 aliphatic heterocycles. The molecule has 26 heavy (non-hydrogen) atoms. The van der Waals surface area contributed by atoms with Crippen LogP contribution in [-0.4, -0.2) is 39.1 Å². The number of hydrogen-bond donors (Lipinski definition) is 0. The average molecular weight is 396 g/mol. The van der Waals surface area contributed by atoms with Gasteiger partial charge in [0.25, 0.3) is 0 Å². The minimum atomic E-state index is -4.52. The minimum Gasteiger partial charge on any atom is -0.468 e. The molecule has 6 nitrogen and oxygen atoms in total. The molecule has 0 saturated heterocycles. The van der Waals surface area contributed by atoms with Crippen LogP contribution >= 0.6 is 11.6 Å². The molecule has 2 heterocycles. The molecule has 0 unspecified atom stereocenters. The monoisotopic (exact) mass is 395 g/mol. The zero-order valence-electron chi connectivity index (χ0n) is 13.1. The molecule has 2 aromatic heterocycles. The van der Waals surface area contributed by atoms with Crippen molar-refractivity contribution in [3.8, 4) is 0 Å². The van der Waals surface area contributed by atoms with Gasteiger partial charge in [0.15, 0.2) is 12.3 Å². The molecule has 140 valence electrons. The van der Waals surface area contributed by atoms with Gasteiger partial charge in [-0.05, 0) is 30.8 Å². The molecule has 0 radical (unpaired) electrons. The number of aliphatic imine (C=N–C) groups is 1. The van der Waals surface area contributed by atoms with Crippen LogP contribution in [0.1, 0.15) is 18.4 Å². The third-order valence-electron chi connectivity index (χ3n) is 2.97. The van der Waals surface area contributed by atoms with Crippen LogP contribution in [0.2, 0.25) is 0 Å². The number of alkyl halides is 6. The molecule has 2 aromatic rings. The van der Waals surface area contributed by atoms with Gasteiger partial charge < -0.3 is 4.74 Å². The SMILES string of the molecule is C=N/C(=C\C=C(/C)c1cn2c(C(F)(F)Cl)nnc2cn1)OCC(F)(F)F. The van der Waals surface area contributed by atoms with Crippen molar-refractivity contribution in [3.63, 3.8) is 0 Å². The van der Waals surface area contributed by atoms with Crippen molar-refractivity contribution in [2.24, 2.45) is 4.99 Å². The van der Waals surface area contributed by atoms with Crippen molar-refractivity contribution in [2.75, 3.05) is 6.61 Å². The summed E-state index contributed by atoms with van der Waals surface area (Å²) in [5.74, 6) is -1.15. The molecule has 2 rings (SSSR count). The lowest BCUT2D eigenvalue weighted by atomic mass is 10.2. The maximum Gasteiger partial charge on any atom is 0.422 e. The second-order valence-electron chi connectivity index (χ2n) is 4.94. The maximum absolute atomic E-state index is 13.3. The molecule has 0 aromatic carbocycles. The predicted octanol–water partition coefficient (Wildman–Crippen LogP) is 3.94. The number of hydrogen-bond acceptors (Lipinski definition) is 5. The van der Waals surface area contributed by atoms with E-state index in [1.807, 2.05) is 0 Å². The van der Waals surface area contributed by atoms with Crippen LogP contribution in [0.5, 0.6) is 0 Å². The second kappa shape index (κ2) is 7.36. The number of allylic oxidation sites excluding steroid dienone is 3. The molecule has 0 amide bonds. The van der Waals surface area contributed by atoms with E-state index in [1.54, 1.807) is 6.92 Å². The van der Waals surface area contributed by atoms with Crippen LogP contribution in [-0.2, 0) is 10.1 Å². The summed E-state index contributed by atoms with van der Waals surface area (Å²) in [7, 11) is 0. The number of halogens is 6. The minimum absolute atomic E-state index is 0.0503. The summed E-state index contributed by atoms with van der Waals surface area (Å²) in [4.78, 5) is 7.34. The van der Waals surface area contributed by atoms with E-state index >= 15 is 0 Å². The van der Waals surface area contributed by atoms with Gasteiger partial charge in [0.05, 0.1) is 11.9 Å². The van der Waals surface area contributed by atoms with Gasteiger partial charge in [0.2, 0.25) is 11.7 Å². The molecule has 0 aliphatic carbocycles.